The molecule has 0 spiro atoms. The van der Waals surface area contributed by atoms with Crippen molar-refractivity contribution in [2.45, 2.75) is 11.5 Å². The van der Waals surface area contributed by atoms with Crippen molar-refractivity contribution in [2.24, 2.45) is 0 Å². The van der Waals surface area contributed by atoms with Crippen molar-refractivity contribution in [3.63, 3.8) is 0 Å². The molecule has 4 rings (SSSR count). The average Bonchev–Trinajstić information content (AvgIpc) is 3.11. The highest BCUT2D eigenvalue weighted by molar-refractivity contribution is 9.10. The van der Waals surface area contributed by atoms with E-state index in [0.717, 1.165) is 27.1 Å². The fourth-order valence-corrected chi connectivity index (χ4v) is 5.62. The molecule has 37 heavy (non-hydrogen) atoms. The summed E-state index contributed by atoms with van der Waals surface area (Å²) in [6, 6.07) is 17.8. The lowest BCUT2D eigenvalue weighted by molar-refractivity contribution is -0.127. The van der Waals surface area contributed by atoms with Crippen LogP contribution in [0.2, 0.25) is 10.0 Å². The monoisotopic (exact) mass is 636 g/mol. The van der Waals surface area contributed by atoms with Gasteiger partial charge < -0.3 is 10.1 Å². The van der Waals surface area contributed by atoms with E-state index in [2.05, 4.69) is 21.2 Å². The molecule has 0 saturated carbocycles. The summed E-state index contributed by atoms with van der Waals surface area (Å²) in [4.78, 5) is 39.9. The molecule has 0 bridgehead atoms. The van der Waals surface area contributed by atoms with Crippen LogP contribution in [-0.4, -0.2) is 34.8 Å². The fourth-order valence-electron chi connectivity index (χ4n) is 3.35. The van der Waals surface area contributed by atoms with Crippen LogP contribution in [0.15, 0.2) is 74.9 Å². The lowest BCUT2D eigenvalue weighted by atomic mass is 10.2. The maximum Gasteiger partial charge on any atom is 0.294 e. The zero-order valence-corrected chi connectivity index (χ0v) is 24.0. The quantitative estimate of drug-likeness (QED) is 0.201. The Morgan fingerprint density at radius 2 is 1.95 bits per heavy atom. The van der Waals surface area contributed by atoms with Crippen LogP contribution in [0.1, 0.15) is 11.1 Å². The van der Waals surface area contributed by atoms with E-state index in [-0.39, 0.29) is 18.1 Å². The molecule has 3 amide bonds. The van der Waals surface area contributed by atoms with Gasteiger partial charge in [0.2, 0.25) is 5.91 Å². The van der Waals surface area contributed by atoms with E-state index in [9.17, 15) is 14.4 Å². The number of hydrogen-bond donors (Lipinski definition) is 1. The largest absolute Gasteiger partial charge is 0.488 e. The van der Waals surface area contributed by atoms with Gasteiger partial charge in [0.25, 0.3) is 11.1 Å². The van der Waals surface area contributed by atoms with Crippen LogP contribution in [-0.2, 0) is 16.2 Å². The third-order valence-electron chi connectivity index (χ3n) is 5.18. The van der Waals surface area contributed by atoms with Gasteiger partial charge in [-0.25, -0.2) is 0 Å². The Bertz CT molecular complexity index is 1420. The Balaban J connectivity index is 1.40. The predicted octanol–water partition coefficient (Wildman–Crippen LogP) is 7.73. The Kier molecular flexibility index (Phi) is 9.26. The van der Waals surface area contributed by atoms with E-state index in [1.807, 2.05) is 24.5 Å². The highest BCUT2D eigenvalue weighted by atomic mass is 79.9. The number of benzene rings is 3. The van der Waals surface area contributed by atoms with Gasteiger partial charge in [0, 0.05) is 26.2 Å². The lowest BCUT2D eigenvalue weighted by Gasteiger charge is -2.13. The van der Waals surface area contributed by atoms with E-state index in [4.69, 9.17) is 27.9 Å². The number of rotatable bonds is 8. The number of nitrogens with one attached hydrogen (secondary N) is 1. The first-order valence-corrected chi connectivity index (χ1v) is 14.4. The summed E-state index contributed by atoms with van der Waals surface area (Å²) < 4.78 is 6.52. The van der Waals surface area contributed by atoms with E-state index in [0.29, 0.717) is 31.5 Å². The molecule has 1 saturated heterocycles. The molecule has 6 nitrogen and oxygen atoms in total. The molecule has 0 aliphatic carbocycles. The number of imide groups is 1. The number of ether oxygens (including phenoxy) is 1. The minimum Gasteiger partial charge on any atom is -0.488 e. The van der Waals surface area contributed by atoms with Gasteiger partial charge in [-0.3, -0.25) is 19.3 Å². The normalized spacial score (nSPS) is 14.4. The third kappa shape index (κ3) is 7.12. The Hall–Kier alpha value is -2.43. The summed E-state index contributed by atoms with van der Waals surface area (Å²) in [6.07, 6.45) is 3.54. The molecule has 1 fully saturated rings. The van der Waals surface area contributed by atoms with Crippen LogP contribution in [0.5, 0.6) is 5.75 Å². The molecule has 190 valence electrons. The van der Waals surface area contributed by atoms with Gasteiger partial charge in [-0.1, -0.05) is 41.4 Å². The van der Waals surface area contributed by atoms with Crippen molar-refractivity contribution < 1.29 is 19.1 Å². The molecule has 0 radical (unpaired) electrons. The Labute approximate surface area is 240 Å². The molecule has 1 N–H and O–H groups in total. The number of carbonyl (C=O) groups is 3. The second-order valence-corrected chi connectivity index (χ2v) is 11.3. The van der Waals surface area contributed by atoms with Gasteiger partial charge in [-0.2, -0.15) is 0 Å². The maximum atomic E-state index is 12.9. The van der Waals surface area contributed by atoms with Crippen molar-refractivity contribution in [3.8, 4) is 5.75 Å². The number of carbonyl (C=O) groups excluding carboxylic acids is 3. The number of anilines is 1. The SMILES string of the molecule is CSc1cccc(NC(=O)CN2C(=O)S/C(=C/c3ccc(OCc4ccc(Cl)cc4Cl)c(Br)c3)C2=O)c1. The molecule has 3 aromatic rings. The summed E-state index contributed by atoms with van der Waals surface area (Å²) in [5, 5.41) is 3.29. The molecular weight excluding hydrogens is 619 g/mol. The minimum absolute atomic E-state index is 0.232. The lowest BCUT2D eigenvalue weighted by Crippen LogP contribution is -2.36. The number of thioether (sulfide) groups is 2. The van der Waals surface area contributed by atoms with Crippen molar-refractivity contribution in [1.82, 2.24) is 4.90 Å². The van der Waals surface area contributed by atoms with Crippen LogP contribution < -0.4 is 10.1 Å². The molecule has 1 heterocycles. The highest BCUT2D eigenvalue weighted by Gasteiger charge is 2.36. The first-order valence-electron chi connectivity index (χ1n) is 10.8. The summed E-state index contributed by atoms with van der Waals surface area (Å²) in [5.74, 6) is -0.387. The van der Waals surface area contributed by atoms with Crippen LogP contribution >= 0.6 is 62.7 Å². The van der Waals surface area contributed by atoms with E-state index < -0.39 is 17.1 Å². The highest BCUT2D eigenvalue weighted by Crippen LogP contribution is 2.34. The van der Waals surface area contributed by atoms with Gasteiger partial charge in [-0.15, -0.1) is 11.8 Å². The maximum absolute atomic E-state index is 12.9. The molecule has 11 heteroatoms. The number of amides is 3. The second-order valence-electron chi connectivity index (χ2n) is 7.76. The van der Waals surface area contributed by atoms with Gasteiger partial charge in [0.05, 0.1) is 9.38 Å². The standard InChI is InChI=1S/C26H19BrCl2N2O4S2/c1-36-19-4-2-3-18(12-19)30-24(32)13-31-25(33)23(37-26(31)34)10-15-5-8-22(20(27)9-15)35-14-16-6-7-17(28)11-21(16)29/h2-12H,13-14H2,1H3,(H,30,32)/b23-10+. The summed E-state index contributed by atoms with van der Waals surface area (Å²) in [6.45, 7) is -0.119. The summed E-state index contributed by atoms with van der Waals surface area (Å²) in [7, 11) is 0. The van der Waals surface area contributed by atoms with E-state index >= 15 is 0 Å². The summed E-state index contributed by atoms with van der Waals surface area (Å²) in [5.41, 5.74) is 2.08. The van der Waals surface area contributed by atoms with Crippen molar-refractivity contribution in [1.29, 1.82) is 0 Å². The van der Waals surface area contributed by atoms with Gasteiger partial charge in [0.1, 0.15) is 18.9 Å². The molecule has 3 aromatic carbocycles. The number of nitrogens with zero attached hydrogens (tertiary/aromatic N) is 1. The average molecular weight is 638 g/mol. The topological polar surface area (TPSA) is 75.7 Å². The predicted molar refractivity (Wildman–Crippen MR) is 154 cm³/mol. The van der Waals surface area contributed by atoms with Gasteiger partial charge in [-0.05, 0) is 88.1 Å². The summed E-state index contributed by atoms with van der Waals surface area (Å²) >= 11 is 18.0. The van der Waals surface area contributed by atoms with Crippen LogP contribution in [0.25, 0.3) is 6.08 Å². The first-order chi connectivity index (χ1) is 17.7. The van der Waals surface area contributed by atoms with Gasteiger partial charge in [0.15, 0.2) is 0 Å². The first kappa shape index (κ1) is 27.6. The fraction of sp³-hybridized carbons (Fsp3) is 0.115. The third-order valence-corrected chi connectivity index (χ3v) is 8.02. The smallest absolute Gasteiger partial charge is 0.294 e. The molecule has 1 aliphatic rings. The van der Waals surface area contributed by atoms with Crippen LogP contribution in [0.3, 0.4) is 0 Å². The molecular formula is C26H19BrCl2N2O4S2. The number of halogens is 3. The van der Waals surface area contributed by atoms with Crippen molar-refractivity contribution in [3.05, 3.63) is 91.2 Å². The molecule has 0 unspecified atom stereocenters. The number of hydrogen-bond acceptors (Lipinski definition) is 6. The molecule has 0 aromatic heterocycles. The Morgan fingerprint density at radius 1 is 1.14 bits per heavy atom. The van der Waals surface area contributed by atoms with Crippen molar-refractivity contribution >= 4 is 91.5 Å². The molecule has 0 atom stereocenters. The molecule has 1 aliphatic heterocycles. The van der Waals surface area contributed by atoms with Crippen molar-refractivity contribution in [2.75, 3.05) is 18.1 Å². The van der Waals surface area contributed by atoms with E-state index in [1.54, 1.807) is 60.3 Å². The van der Waals surface area contributed by atoms with Gasteiger partial charge >= 0.3 is 0 Å². The van der Waals surface area contributed by atoms with E-state index in [1.165, 1.54) is 0 Å². The second kappa shape index (κ2) is 12.4. The van der Waals surface area contributed by atoms with Crippen LogP contribution in [0.4, 0.5) is 10.5 Å². The van der Waals surface area contributed by atoms with Crippen LogP contribution in [0, 0.1) is 0 Å². The zero-order chi connectivity index (χ0) is 26.5. The minimum atomic E-state index is -0.517. The zero-order valence-electron chi connectivity index (χ0n) is 19.3. The Morgan fingerprint density at radius 3 is 2.68 bits per heavy atom.